The Balaban J connectivity index is 1.88. The van der Waals surface area contributed by atoms with Gasteiger partial charge in [-0.3, -0.25) is 9.69 Å². The van der Waals surface area contributed by atoms with Crippen LogP contribution in [0.25, 0.3) is 0 Å². The first kappa shape index (κ1) is 20.2. The molecule has 0 bridgehead atoms. The van der Waals surface area contributed by atoms with Crippen LogP contribution in [-0.4, -0.2) is 55.7 Å². The molecule has 0 saturated carbocycles. The Labute approximate surface area is 155 Å². The molecule has 0 radical (unpaired) electrons. The van der Waals surface area contributed by atoms with Gasteiger partial charge in [-0.05, 0) is 30.0 Å². The van der Waals surface area contributed by atoms with Crippen LogP contribution in [0.4, 0.5) is 4.79 Å². The minimum absolute atomic E-state index is 0.0820. The minimum Gasteiger partial charge on any atom is -0.379 e. The number of nitrogens with two attached hydrogens (primary N) is 1. The lowest BCUT2D eigenvalue weighted by atomic mass is 10.0. The van der Waals surface area contributed by atoms with Gasteiger partial charge in [0.1, 0.15) is 0 Å². The summed E-state index contributed by atoms with van der Waals surface area (Å²) in [5.41, 5.74) is 6.56. The van der Waals surface area contributed by atoms with Crippen LogP contribution in [0.2, 0.25) is 0 Å². The summed E-state index contributed by atoms with van der Waals surface area (Å²) in [5, 5.41) is 5.59. The maximum Gasteiger partial charge on any atom is 0.312 e. The van der Waals surface area contributed by atoms with Gasteiger partial charge in [-0.15, -0.1) is 0 Å². The molecule has 1 atom stereocenters. The van der Waals surface area contributed by atoms with E-state index in [9.17, 15) is 9.59 Å². The van der Waals surface area contributed by atoms with Crippen molar-refractivity contribution in [1.29, 1.82) is 0 Å². The van der Waals surface area contributed by atoms with Crippen molar-refractivity contribution in [1.82, 2.24) is 15.5 Å². The third-order valence-corrected chi connectivity index (χ3v) is 4.49. The highest BCUT2D eigenvalue weighted by Gasteiger charge is 2.22. The number of nitrogens with one attached hydrogen (secondary N) is 2. The van der Waals surface area contributed by atoms with Gasteiger partial charge in [0.15, 0.2) is 0 Å². The van der Waals surface area contributed by atoms with Crippen LogP contribution >= 0.6 is 0 Å². The Morgan fingerprint density at radius 1 is 1.15 bits per heavy atom. The number of benzene rings is 1. The molecule has 3 amide bonds. The smallest absolute Gasteiger partial charge is 0.312 e. The summed E-state index contributed by atoms with van der Waals surface area (Å²) >= 11 is 0. The lowest BCUT2D eigenvalue weighted by Gasteiger charge is -2.35. The van der Waals surface area contributed by atoms with Crippen molar-refractivity contribution in [3.8, 4) is 0 Å². The molecule has 0 spiro atoms. The number of urea groups is 1. The lowest BCUT2D eigenvalue weighted by molar-refractivity contribution is 0.0124. The largest absolute Gasteiger partial charge is 0.379 e. The van der Waals surface area contributed by atoms with Crippen molar-refractivity contribution in [2.45, 2.75) is 32.9 Å². The first-order chi connectivity index (χ1) is 12.5. The van der Waals surface area contributed by atoms with E-state index in [2.05, 4.69) is 29.4 Å². The highest BCUT2D eigenvalue weighted by atomic mass is 16.5. The van der Waals surface area contributed by atoms with Crippen LogP contribution < -0.4 is 16.4 Å². The van der Waals surface area contributed by atoms with E-state index in [4.69, 9.17) is 10.5 Å². The van der Waals surface area contributed by atoms with Crippen molar-refractivity contribution >= 4 is 11.9 Å². The predicted molar refractivity (Wildman–Crippen MR) is 101 cm³/mol. The molecule has 1 unspecified atom stereocenters. The zero-order chi connectivity index (χ0) is 18.9. The Kier molecular flexibility index (Phi) is 7.87. The van der Waals surface area contributed by atoms with Crippen molar-refractivity contribution in [3.05, 3.63) is 35.4 Å². The van der Waals surface area contributed by atoms with Gasteiger partial charge in [-0.1, -0.05) is 26.0 Å². The summed E-state index contributed by atoms with van der Waals surface area (Å²) < 4.78 is 5.43. The predicted octanol–water partition coefficient (Wildman–Crippen LogP) is 1.33. The van der Waals surface area contributed by atoms with Gasteiger partial charge in [-0.2, -0.15) is 0 Å². The van der Waals surface area contributed by atoms with Gasteiger partial charge in [0.2, 0.25) is 0 Å². The number of carbonyl (C=O) groups excluding carboxylic acids is 2. The fraction of sp³-hybridized carbons (Fsp3) is 0.579. The second-order valence-electron chi connectivity index (χ2n) is 7.06. The second kappa shape index (κ2) is 10.1. The van der Waals surface area contributed by atoms with Gasteiger partial charge >= 0.3 is 6.03 Å². The van der Waals surface area contributed by atoms with E-state index in [1.54, 1.807) is 12.1 Å². The molecule has 1 aromatic carbocycles. The van der Waals surface area contributed by atoms with Gasteiger partial charge < -0.3 is 21.1 Å². The number of rotatable bonds is 8. The molecule has 7 nitrogen and oxygen atoms in total. The number of amides is 3. The van der Waals surface area contributed by atoms with Crippen LogP contribution in [0.15, 0.2) is 24.3 Å². The first-order valence-electron chi connectivity index (χ1n) is 9.18. The Bertz CT molecular complexity index is 583. The van der Waals surface area contributed by atoms with Crippen molar-refractivity contribution in [2.75, 3.05) is 32.8 Å². The van der Waals surface area contributed by atoms with E-state index in [1.807, 2.05) is 12.1 Å². The third kappa shape index (κ3) is 6.65. The maximum atomic E-state index is 12.5. The van der Waals surface area contributed by atoms with E-state index in [1.165, 1.54) is 0 Å². The average Bonchev–Trinajstić information content (AvgIpc) is 2.64. The molecule has 144 valence electrons. The zero-order valence-corrected chi connectivity index (χ0v) is 15.7. The Morgan fingerprint density at radius 3 is 2.38 bits per heavy atom. The fourth-order valence-electron chi connectivity index (χ4n) is 3.12. The molecule has 4 N–H and O–H groups in total. The first-order valence-corrected chi connectivity index (χ1v) is 9.18. The van der Waals surface area contributed by atoms with E-state index in [0.717, 1.165) is 38.3 Å². The van der Waals surface area contributed by atoms with Gasteiger partial charge in [0.05, 0.1) is 13.2 Å². The summed E-state index contributed by atoms with van der Waals surface area (Å²) in [6.45, 7) is 8.71. The number of primary amides is 1. The Hall–Kier alpha value is -2.12. The van der Waals surface area contributed by atoms with Crippen LogP contribution in [-0.2, 0) is 11.3 Å². The molecular formula is C19H30N4O3. The van der Waals surface area contributed by atoms with E-state index in [0.29, 0.717) is 30.6 Å². The molecule has 1 aliphatic rings. The molecule has 0 aromatic heterocycles. The topological polar surface area (TPSA) is 96.7 Å². The van der Waals surface area contributed by atoms with Crippen LogP contribution in [0.5, 0.6) is 0 Å². The summed E-state index contributed by atoms with van der Waals surface area (Å²) in [7, 11) is 0. The molecule has 1 heterocycles. The maximum absolute atomic E-state index is 12.5. The van der Waals surface area contributed by atoms with Gasteiger partial charge in [-0.25, -0.2) is 4.79 Å². The van der Waals surface area contributed by atoms with E-state index in [-0.39, 0.29) is 5.91 Å². The standard InChI is InChI=1S/C19H30N4O3/c1-14(2)11-17(23-7-9-26-10-8-23)13-21-18(24)16-5-3-15(4-6-16)12-22-19(20)25/h3-6,14,17H,7-13H2,1-2H3,(H,21,24)(H3,20,22,25). The molecule has 2 rings (SSSR count). The van der Waals surface area contributed by atoms with Crippen LogP contribution in [0, 0.1) is 5.92 Å². The van der Waals surface area contributed by atoms with Gasteiger partial charge in [0.25, 0.3) is 5.91 Å². The highest BCUT2D eigenvalue weighted by Crippen LogP contribution is 2.13. The third-order valence-electron chi connectivity index (χ3n) is 4.49. The molecule has 1 fully saturated rings. The Morgan fingerprint density at radius 2 is 1.81 bits per heavy atom. The molecule has 1 aromatic rings. The van der Waals surface area contributed by atoms with E-state index >= 15 is 0 Å². The quantitative estimate of drug-likeness (QED) is 0.650. The minimum atomic E-state index is -0.564. The van der Waals surface area contributed by atoms with Crippen molar-refractivity contribution in [3.63, 3.8) is 0 Å². The number of hydrogen-bond donors (Lipinski definition) is 3. The number of carbonyl (C=O) groups is 2. The summed E-state index contributed by atoms with van der Waals surface area (Å²) in [6, 6.07) is 6.92. The normalized spacial score (nSPS) is 16.3. The molecule has 0 aliphatic carbocycles. The zero-order valence-electron chi connectivity index (χ0n) is 15.7. The monoisotopic (exact) mass is 362 g/mol. The number of nitrogens with zero attached hydrogens (tertiary/aromatic N) is 1. The molecule has 26 heavy (non-hydrogen) atoms. The van der Waals surface area contributed by atoms with E-state index < -0.39 is 6.03 Å². The fourth-order valence-corrected chi connectivity index (χ4v) is 3.12. The van der Waals surface area contributed by atoms with Crippen molar-refractivity contribution < 1.29 is 14.3 Å². The van der Waals surface area contributed by atoms with Crippen LogP contribution in [0.1, 0.15) is 36.2 Å². The summed E-state index contributed by atoms with van der Waals surface area (Å²) in [5.74, 6) is 0.484. The lowest BCUT2D eigenvalue weighted by Crippen LogP contribution is -2.49. The number of morpholine rings is 1. The molecule has 7 heteroatoms. The van der Waals surface area contributed by atoms with Crippen LogP contribution in [0.3, 0.4) is 0 Å². The molecule has 1 aliphatic heterocycles. The highest BCUT2D eigenvalue weighted by molar-refractivity contribution is 5.94. The molecule has 1 saturated heterocycles. The van der Waals surface area contributed by atoms with Crippen molar-refractivity contribution in [2.24, 2.45) is 11.7 Å². The summed E-state index contributed by atoms with van der Waals surface area (Å²) in [4.78, 5) is 25.6. The average molecular weight is 362 g/mol. The summed E-state index contributed by atoms with van der Waals surface area (Å²) in [6.07, 6.45) is 1.04. The second-order valence-corrected chi connectivity index (χ2v) is 7.06. The SMILES string of the molecule is CC(C)CC(CNC(=O)c1ccc(CNC(N)=O)cc1)N1CCOCC1. The molecular weight excluding hydrogens is 332 g/mol. The van der Waals surface area contributed by atoms with Gasteiger partial charge in [0, 0.05) is 37.8 Å². The number of ether oxygens (including phenoxy) is 1. The number of hydrogen-bond acceptors (Lipinski definition) is 4.